The maximum Gasteiger partial charge on any atom is 0.264 e. The van der Waals surface area contributed by atoms with Crippen LogP contribution < -0.4 is 9.62 Å². The van der Waals surface area contributed by atoms with Crippen molar-refractivity contribution in [3.05, 3.63) is 59.2 Å². The third kappa shape index (κ3) is 5.61. The van der Waals surface area contributed by atoms with E-state index in [1.54, 1.807) is 24.3 Å². The molecular weight excluding hydrogens is 439 g/mol. The molecule has 6 nitrogen and oxygen atoms in total. The Morgan fingerprint density at radius 1 is 1.16 bits per heavy atom. The van der Waals surface area contributed by atoms with E-state index in [0.717, 1.165) is 32.9 Å². The van der Waals surface area contributed by atoms with Gasteiger partial charge in [-0.15, -0.1) is 11.3 Å². The Labute approximate surface area is 185 Å². The average molecular weight is 465 g/mol. The highest BCUT2D eigenvalue weighted by atomic mass is 32.2. The minimum absolute atomic E-state index is 0.00308. The Hall–Kier alpha value is -2.49. The molecule has 0 radical (unpaired) electrons. The molecule has 1 amide bonds. The molecule has 3 aromatic rings. The van der Waals surface area contributed by atoms with E-state index in [0.29, 0.717) is 23.7 Å². The van der Waals surface area contributed by atoms with Crippen molar-refractivity contribution >= 4 is 43.0 Å². The quantitative estimate of drug-likeness (QED) is 0.476. The van der Waals surface area contributed by atoms with E-state index in [2.05, 4.69) is 5.32 Å². The summed E-state index contributed by atoms with van der Waals surface area (Å²) in [7, 11) is -2.39. The first-order valence-corrected chi connectivity index (χ1v) is 12.1. The van der Waals surface area contributed by atoms with Crippen LogP contribution in [0, 0.1) is 5.82 Å². The number of benzene rings is 2. The van der Waals surface area contributed by atoms with Crippen LogP contribution in [0.5, 0.6) is 0 Å². The molecule has 1 N–H and O–H groups in total. The van der Waals surface area contributed by atoms with E-state index in [-0.39, 0.29) is 16.9 Å². The Morgan fingerprint density at radius 2 is 1.87 bits per heavy atom. The van der Waals surface area contributed by atoms with Crippen LogP contribution in [0.3, 0.4) is 0 Å². The van der Waals surface area contributed by atoms with Gasteiger partial charge in [-0.2, -0.15) is 0 Å². The van der Waals surface area contributed by atoms with Gasteiger partial charge in [0.05, 0.1) is 21.6 Å². The van der Waals surface area contributed by atoms with Crippen molar-refractivity contribution in [3.8, 4) is 0 Å². The van der Waals surface area contributed by atoms with Gasteiger partial charge in [0, 0.05) is 24.9 Å². The molecule has 0 bridgehead atoms. The van der Waals surface area contributed by atoms with Crippen molar-refractivity contribution in [2.24, 2.45) is 0 Å². The number of hydrogen-bond donors (Lipinski definition) is 1. The molecule has 9 heteroatoms. The van der Waals surface area contributed by atoms with Crippen molar-refractivity contribution in [1.82, 2.24) is 5.32 Å². The second-order valence-electron chi connectivity index (χ2n) is 7.29. The molecule has 1 aromatic heterocycles. The number of sulfonamides is 1. The second-order valence-corrected chi connectivity index (χ2v) is 10.3. The molecule has 0 aliphatic heterocycles. The van der Waals surface area contributed by atoms with Gasteiger partial charge in [0.25, 0.3) is 15.9 Å². The Morgan fingerprint density at radius 3 is 2.55 bits per heavy atom. The summed E-state index contributed by atoms with van der Waals surface area (Å²) < 4.78 is 46.3. The van der Waals surface area contributed by atoms with Gasteiger partial charge in [-0.05, 0) is 74.2 Å². The predicted molar refractivity (Wildman–Crippen MR) is 122 cm³/mol. The third-order valence-electron chi connectivity index (χ3n) is 4.62. The van der Waals surface area contributed by atoms with Gasteiger partial charge < -0.3 is 10.1 Å². The van der Waals surface area contributed by atoms with Crippen LogP contribution in [-0.4, -0.2) is 40.6 Å². The minimum atomic E-state index is -3.83. The molecule has 2 aromatic carbocycles. The van der Waals surface area contributed by atoms with Crippen molar-refractivity contribution < 1.29 is 22.3 Å². The van der Waals surface area contributed by atoms with Gasteiger partial charge in [0.15, 0.2) is 0 Å². The van der Waals surface area contributed by atoms with Gasteiger partial charge in [0.1, 0.15) is 5.82 Å². The molecule has 0 atom stereocenters. The van der Waals surface area contributed by atoms with Crippen molar-refractivity contribution in [2.45, 2.75) is 31.3 Å². The zero-order chi connectivity index (χ0) is 22.6. The molecule has 1 heterocycles. The largest absolute Gasteiger partial charge is 0.379 e. The van der Waals surface area contributed by atoms with E-state index in [1.807, 2.05) is 13.8 Å². The van der Waals surface area contributed by atoms with E-state index < -0.39 is 15.8 Å². The summed E-state index contributed by atoms with van der Waals surface area (Å²) in [6.07, 6.45) is 0.892. The lowest BCUT2D eigenvalue weighted by Gasteiger charge is -2.19. The number of anilines is 1. The SMILES string of the molecule is CC(C)OCCCNC(=O)c1cc2cc(N(C)S(=O)(=O)c3ccc(F)cc3)ccc2s1. The summed E-state index contributed by atoms with van der Waals surface area (Å²) in [5, 5.41) is 3.65. The third-order valence-corrected chi connectivity index (χ3v) is 7.53. The fourth-order valence-corrected chi connectivity index (χ4v) is 5.07. The molecule has 0 saturated carbocycles. The molecule has 31 heavy (non-hydrogen) atoms. The van der Waals surface area contributed by atoms with Gasteiger partial charge in [-0.3, -0.25) is 9.10 Å². The molecule has 0 fully saturated rings. The smallest absolute Gasteiger partial charge is 0.264 e. The topological polar surface area (TPSA) is 75.7 Å². The minimum Gasteiger partial charge on any atom is -0.379 e. The lowest BCUT2D eigenvalue weighted by atomic mass is 10.2. The Balaban J connectivity index is 1.73. The summed E-state index contributed by atoms with van der Waals surface area (Å²) >= 11 is 1.35. The van der Waals surface area contributed by atoms with Gasteiger partial charge in [0.2, 0.25) is 0 Å². The van der Waals surface area contributed by atoms with Crippen LogP contribution >= 0.6 is 11.3 Å². The number of amides is 1. The summed E-state index contributed by atoms with van der Waals surface area (Å²) in [6.45, 7) is 5.03. The summed E-state index contributed by atoms with van der Waals surface area (Å²) in [6, 6.07) is 11.6. The first-order chi connectivity index (χ1) is 14.7. The number of carbonyl (C=O) groups excluding carboxylic acids is 1. The van der Waals surface area contributed by atoms with Crippen LogP contribution in [0.25, 0.3) is 10.1 Å². The number of nitrogens with one attached hydrogen (secondary N) is 1. The fraction of sp³-hybridized carbons (Fsp3) is 0.318. The zero-order valence-electron chi connectivity index (χ0n) is 17.6. The number of nitrogens with zero attached hydrogens (tertiary/aromatic N) is 1. The molecule has 0 aliphatic carbocycles. The number of ether oxygens (including phenoxy) is 1. The highest BCUT2D eigenvalue weighted by Gasteiger charge is 2.22. The normalized spacial score (nSPS) is 11.8. The predicted octanol–water partition coefficient (Wildman–Crippen LogP) is 4.41. The first-order valence-electron chi connectivity index (χ1n) is 9.86. The van der Waals surface area contributed by atoms with Crippen LogP contribution in [0.4, 0.5) is 10.1 Å². The summed E-state index contributed by atoms with van der Waals surface area (Å²) in [5.41, 5.74) is 0.451. The molecule has 3 rings (SSSR count). The van der Waals surface area contributed by atoms with E-state index in [4.69, 9.17) is 4.74 Å². The molecule has 0 unspecified atom stereocenters. The van der Waals surface area contributed by atoms with Crippen LogP contribution in [0.2, 0.25) is 0 Å². The molecule has 166 valence electrons. The standard InChI is InChI=1S/C22H25FN2O4S2/c1-15(2)29-12-4-11-24-22(26)21-14-16-13-18(7-10-20(16)30-21)25(3)31(27,28)19-8-5-17(23)6-9-19/h5-10,13-15H,4,11-12H2,1-3H3,(H,24,26). The van der Waals surface area contributed by atoms with Crippen molar-refractivity contribution in [2.75, 3.05) is 24.5 Å². The van der Waals surface area contributed by atoms with Gasteiger partial charge >= 0.3 is 0 Å². The number of halogens is 1. The van der Waals surface area contributed by atoms with Crippen LogP contribution in [0.15, 0.2) is 53.4 Å². The number of rotatable bonds is 9. The number of thiophene rings is 1. The monoisotopic (exact) mass is 464 g/mol. The molecule has 0 spiro atoms. The molecule has 0 saturated heterocycles. The van der Waals surface area contributed by atoms with E-state index in [9.17, 15) is 17.6 Å². The van der Waals surface area contributed by atoms with E-state index in [1.165, 1.54) is 30.5 Å². The summed E-state index contributed by atoms with van der Waals surface area (Å²) in [4.78, 5) is 13.0. The lowest BCUT2D eigenvalue weighted by molar-refractivity contribution is 0.0757. The van der Waals surface area contributed by atoms with Crippen molar-refractivity contribution in [3.63, 3.8) is 0 Å². The number of fused-ring (bicyclic) bond motifs is 1. The average Bonchev–Trinajstić information content (AvgIpc) is 3.16. The molecule has 0 aliphatic rings. The second kappa shape index (κ2) is 9.76. The lowest BCUT2D eigenvalue weighted by Crippen LogP contribution is -2.26. The van der Waals surface area contributed by atoms with Crippen molar-refractivity contribution in [1.29, 1.82) is 0 Å². The van der Waals surface area contributed by atoms with Crippen LogP contribution in [-0.2, 0) is 14.8 Å². The number of carbonyl (C=O) groups is 1. The number of hydrogen-bond acceptors (Lipinski definition) is 5. The first kappa shape index (κ1) is 23.2. The molecular formula is C22H25FN2O4S2. The zero-order valence-corrected chi connectivity index (χ0v) is 19.2. The fourth-order valence-electron chi connectivity index (χ4n) is 2.92. The maximum absolute atomic E-state index is 13.1. The maximum atomic E-state index is 13.1. The highest BCUT2D eigenvalue weighted by molar-refractivity contribution is 7.92. The summed E-state index contributed by atoms with van der Waals surface area (Å²) in [5.74, 6) is -0.667. The van der Waals surface area contributed by atoms with Crippen LogP contribution in [0.1, 0.15) is 29.9 Å². The van der Waals surface area contributed by atoms with Gasteiger partial charge in [-0.25, -0.2) is 12.8 Å². The Kier molecular flexibility index (Phi) is 7.30. The highest BCUT2D eigenvalue weighted by Crippen LogP contribution is 2.31. The Bertz CT molecular complexity index is 1160. The van der Waals surface area contributed by atoms with E-state index >= 15 is 0 Å². The van der Waals surface area contributed by atoms with Gasteiger partial charge in [-0.1, -0.05) is 0 Å².